The van der Waals surface area contributed by atoms with Gasteiger partial charge in [0.15, 0.2) is 0 Å². The van der Waals surface area contributed by atoms with Gasteiger partial charge < -0.3 is 4.79 Å². The fourth-order valence-corrected chi connectivity index (χ4v) is 2.95. The normalized spacial score (nSPS) is 15.4. The van der Waals surface area contributed by atoms with Gasteiger partial charge in [-0.25, -0.2) is 0 Å². The lowest BCUT2D eigenvalue weighted by molar-refractivity contribution is -0.107. The Morgan fingerprint density at radius 2 is 1.75 bits per heavy atom. The molecule has 0 aliphatic rings. The second-order valence-electron chi connectivity index (χ2n) is 4.87. The molecule has 0 aromatic heterocycles. The van der Waals surface area contributed by atoms with Crippen molar-refractivity contribution in [3.8, 4) is 0 Å². The first-order valence-corrected chi connectivity index (χ1v) is 7.43. The third kappa shape index (κ3) is 2.06. The molecule has 0 N–H and O–H groups in total. The quantitative estimate of drug-likeness (QED) is 0.374. The number of hydrogen-bond donors (Lipinski definition) is 0. The maximum absolute atomic E-state index is 10.8. The first kappa shape index (κ1) is 11.6. The van der Waals surface area contributed by atoms with E-state index in [0.717, 1.165) is 6.29 Å². The summed E-state index contributed by atoms with van der Waals surface area (Å²) in [6.45, 7) is 14.8. The van der Waals surface area contributed by atoms with Gasteiger partial charge >= 0.3 is 0 Å². The van der Waals surface area contributed by atoms with E-state index in [1.54, 1.807) is 6.08 Å². The molecule has 0 rings (SSSR count). The molecule has 0 bridgehead atoms. The molecule has 0 aliphatic heterocycles. The molecule has 0 radical (unpaired) electrons. The molecule has 1 nitrogen and oxygen atoms in total. The highest BCUT2D eigenvalue weighted by molar-refractivity contribution is 6.84. The summed E-state index contributed by atoms with van der Waals surface area (Å²) in [5.74, 6) is 0. The maximum atomic E-state index is 10.8. The summed E-state index contributed by atoms with van der Waals surface area (Å²) in [5.41, 5.74) is 0.0810. The number of carbonyl (C=O) groups excluding carboxylic acids is 1. The molecule has 12 heavy (non-hydrogen) atoms. The molecule has 0 aromatic carbocycles. The Labute approximate surface area is 76.9 Å². The Hall–Kier alpha value is -0.373. The SMILES string of the molecule is C=C[C@@H](C=O)[Si](C)(C)C(C)(C)C. The van der Waals surface area contributed by atoms with Gasteiger partial charge in [0, 0.05) is 5.54 Å². The van der Waals surface area contributed by atoms with E-state index in [1.807, 2.05) is 0 Å². The molecule has 0 spiro atoms. The van der Waals surface area contributed by atoms with Crippen molar-refractivity contribution >= 4 is 14.4 Å². The molecule has 70 valence electrons. The molecule has 1 atom stereocenters. The van der Waals surface area contributed by atoms with Crippen molar-refractivity contribution in [1.82, 2.24) is 0 Å². The van der Waals surface area contributed by atoms with Crippen molar-refractivity contribution in [2.24, 2.45) is 0 Å². The Balaban J connectivity index is 4.80. The standard InChI is InChI=1S/C10H20OSi/c1-7-9(8-11)12(5,6)10(2,3)4/h7-9H,1H2,2-6H3/t9-/m0/s1. The predicted octanol–water partition coefficient (Wildman–Crippen LogP) is 3.25. The first-order valence-electron chi connectivity index (χ1n) is 4.35. The van der Waals surface area contributed by atoms with Crippen molar-refractivity contribution in [2.45, 2.75) is 44.4 Å². The fourth-order valence-electron chi connectivity index (χ4n) is 1.02. The van der Waals surface area contributed by atoms with Crippen LogP contribution in [0.1, 0.15) is 20.8 Å². The van der Waals surface area contributed by atoms with Crippen LogP contribution in [0.25, 0.3) is 0 Å². The van der Waals surface area contributed by atoms with Crippen molar-refractivity contribution in [3.63, 3.8) is 0 Å². The van der Waals surface area contributed by atoms with Crippen LogP contribution in [0.15, 0.2) is 12.7 Å². The second kappa shape index (κ2) is 3.56. The minimum atomic E-state index is -1.52. The van der Waals surface area contributed by atoms with E-state index in [2.05, 4.69) is 40.4 Å². The van der Waals surface area contributed by atoms with E-state index < -0.39 is 8.07 Å². The lowest BCUT2D eigenvalue weighted by atomic mass is 10.2. The summed E-state index contributed by atoms with van der Waals surface area (Å²) < 4.78 is 0. The highest BCUT2D eigenvalue weighted by Crippen LogP contribution is 2.42. The van der Waals surface area contributed by atoms with E-state index in [0.29, 0.717) is 0 Å². The Morgan fingerprint density at radius 1 is 1.33 bits per heavy atom. The lowest BCUT2D eigenvalue weighted by Crippen LogP contribution is -2.42. The van der Waals surface area contributed by atoms with Crippen molar-refractivity contribution < 1.29 is 4.79 Å². The predicted molar refractivity (Wildman–Crippen MR) is 57.2 cm³/mol. The molecule has 0 saturated carbocycles. The van der Waals surface area contributed by atoms with Gasteiger partial charge in [-0.1, -0.05) is 39.9 Å². The zero-order valence-corrected chi connectivity index (χ0v) is 9.85. The summed E-state index contributed by atoms with van der Waals surface area (Å²) >= 11 is 0. The molecule has 0 fully saturated rings. The molecule has 0 amide bonds. The summed E-state index contributed by atoms with van der Waals surface area (Å²) in [6.07, 6.45) is 2.84. The number of aldehydes is 1. The van der Waals surface area contributed by atoms with Gasteiger partial charge in [-0.3, -0.25) is 0 Å². The average Bonchev–Trinajstić information content (AvgIpc) is 1.87. The summed E-state index contributed by atoms with van der Waals surface area (Å²) in [4.78, 5) is 10.8. The third-order valence-corrected chi connectivity index (χ3v) is 9.07. The van der Waals surface area contributed by atoms with Crippen LogP contribution in [0.5, 0.6) is 0 Å². The van der Waals surface area contributed by atoms with E-state index in [4.69, 9.17) is 0 Å². The monoisotopic (exact) mass is 184 g/mol. The number of hydrogen-bond acceptors (Lipinski definition) is 1. The Morgan fingerprint density at radius 3 is 1.83 bits per heavy atom. The van der Waals surface area contributed by atoms with Gasteiger partial charge in [0.1, 0.15) is 6.29 Å². The highest BCUT2D eigenvalue weighted by Gasteiger charge is 2.40. The van der Waals surface area contributed by atoms with Crippen molar-refractivity contribution in [3.05, 3.63) is 12.7 Å². The van der Waals surface area contributed by atoms with Crippen LogP contribution in [0.3, 0.4) is 0 Å². The smallest absolute Gasteiger partial charge is 0.124 e. The van der Waals surface area contributed by atoms with Gasteiger partial charge in [-0.2, -0.15) is 0 Å². The molecular weight excluding hydrogens is 164 g/mol. The van der Waals surface area contributed by atoms with E-state index in [9.17, 15) is 4.79 Å². The largest absolute Gasteiger partial charge is 0.303 e. The summed E-state index contributed by atoms with van der Waals surface area (Å²) in [6, 6.07) is 0. The molecule has 0 heterocycles. The van der Waals surface area contributed by atoms with Crippen LogP contribution in [0.4, 0.5) is 0 Å². The van der Waals surface area contributed by atoms with E-state index in [1.165, 1.54) is 0 Å². The fraction of sp³-hybridized carbons (Fsp3) is 0.700. The zero-order valence-electron chi connectivity index (χ0n) is 8.85. The van der Waals surface area contributed by atoms with E-state index >= 15 is 0 Å². The average molecular weight is 184 g/mol. The highest BCUT2D eigenvalue weighted by atomic mass is 28.3. The molecule has 0 aromatic rings. The Kier molecular flexibility index (Phi) is 3.45. The van der Waals surface area contributed by atoms with Gasteiger partial charge in [-0.15, -0.1) is 6.58 Å². The Bertz CT molecular complexity index is 169. The molecular formula is C10H20OSi. The number of allylic oxidation sites excluding steroid dienone is 1. The van der Waals surface area contributed by atoms with Gasteiger partial charge in [0.2, 0.25) is 0 Å². The first-order chi connectivity index (χ1) is 5.27. The van der Waals surface area contributed by atoms with E-state index in [-0.39, 0.29) is 10.6 Å². The van der Waals surface area contributed by atoms with Gasteiger partial charge in [0.25, 0.3) is 0 Å². The summed E-state index contributed by atoms with van der Waals surface area (Å²) in [7, 11) is -1.52. The molecule has 2 heteroatoms. The third-order valence-electron chi connectivity index (χ3n) is 3.17. The van der Waals surface area contributed by atoms with Crippen LogP contribution >= 0.6 is 0 Å². The van der Waals surface area contributed by atoms with Crippen LogP contribution in [-0.2, 0) is 4.79 Å². The topological polar surface area (TPSA) is 17.1 Å². The molecule has 0 unspecified atom stereocenters. The summed E-state index contributed by atoms with van der Waals surface area (Å²) in [5, 5.41) is 0.257. The van der Waals surface area contributed by atoms with Crippen LogP contribution in [0, 0.1) is 0 Å². The van der Waals surface area contributed by atoms with Crippen LogP contribution < -0.4 is 0 Å². The number of rotatable bonds is 3. The van der Waals surface area contributed by atoms with Crippen molar-refractivity contribution in [1.29, 1.82) is 0 Å². The zero-order chi connectivity index (χ0) is 9.99. The minimum Gasteiger partial charge on any atom is -0.303 e. The minimum absolute atomic E-state index is 0.0810. The lowest BCUT2D eigenvalue weighted by Gasteiger charge is -2.39. The van der Waals surface area contributed by atoms with Crippen LogP contribution in [0.2, 0.25) is 23.7 Å². The maximum Gasteiger partial charge on any atom is 0.124 e. The molecule has 0 aliphatic carbocycles. The van der Waals surface area contributed by atoms with Crippen LogP contribution in [-0.4, -0.2) is 14.4 Å². The van der Waals surface area contributed by atoms with Crippen molar-refractivity contribution in [2.75, 3.05) is 0 Å². The van der Waals surface area contributed by atoms with Gasteiger partial charge in [-0.05, 0) is 5.04 Å². The number of carbonyl (C=O) groups is 1. The molecule has 0 saturated heterocycles. The second-order valence-corrected chi connectivity index (χ2v) is 10.5. The van der Waals surface area contributed by atoms with Gasteiger partial charge in [0.05, 0.1) is 8.07 Å².